The van der Waals surface area contributed by atoms with Crippen LogP contribution in [0.25, 0.3) is 0 Å². The number of sulfone groups is 1. The average molecular weight is 587 g/mol. The fraction of sp³-hybridized carbons (Fsp3) is 0.481. The van der Waals surface area contributed by atoms with Crippen LogP contribution in [-0.4, -0.2) is 53.7 Å². The summed E-state index contributed by atoms with van der Waals surface area (Å²) in [5, 5.41) is 10.5. The lowest BCUT2D eigenvalue weighted by Gasteiger charge is -2.50. The van der Waals surface area contributed by atoms with Gasteiger partial charge in [-0.25, -0.2) is 17.2 Å². The quantitative estimate of drug-likeness (QED) is 0.500. The SMILES string of the molecule is CC1(O)CC([C@H](c2cc(F)c(C(F)(F)F)cc2F)C23CC2CC(C(N)=O)N3C(=O)c2cccc(S(C)(=O)=O)c2)C1. The van der Waals surface area contributed by atoms with Crippen LogP contribution < -0.4 is 5.73 Å². The fourth-order valence-electron chi connectivity index (χ4n) is 6.94. The molecule has 3 unspecified atom stereocenters. The minimum absolute atomic E-state index is 0.0838. The number of nitrogens with zero attached hydrogens (tertiary/aromatic N) is 1. The van der Waals surface area contributed by atoms with E-state index in [0.29, 0.717) is 6.07 Å². The number of carbonyl (C=O) groups excluding carboxylic acids is 2. The topological polar surface area (TPSA) is 118 Å². The van der Waals surface area contributed by atoms with Gasteiger partial charge in [0, 0.05) is 17.7 Å². The Morgan fingerprint density at radius 1 is 1.10 bits per heavy atom. The maximum Gasteiger partial charge on any atom is 0.419 e. The molecule has 40 heavy (non-hydrogen) atoms. The molecule has 2 aliphatic carbocycles. The highest BCUT2D eigenvalue weighted by Gasteiger charge is 2.73. The molecule has 216 valence electrons. The Kier molecular flexibility index (Phi) is 6.38. The van der Waals surface area contributed by atoms with E-state index < -0.39 is 80.0 Å². The van der Waals surface area contributed by atoms with E-state index in [1.54, 1.807) is 0 Å². The number of aliphatic hydroxyl groups is 1. The molecule has 4 atom stereocenters. The van der Waals surface area contributed by atoms with Gasteiger partial charge in [0.15, 0.2) is 9.84 Å². The zero-order valence-electron chi connectivity index (χ0n) is 21.5. The predicted molar refractivity (Wildman–Crippen MR) is 132 cm³/mol. The van der Waals surface area contributed by atoms with Crippen molar-refractivity contribution in [1.29, 1.82) is 0 Å². The van der Waals surface area contributed by atoms with E-state index in [0.717, 1.165) is 12.3 Å². The van der Waals surface area contributed by atoms with Crippen LogP contribution >= 0.6 is 0 Å². The molecule has 1 heterocycles. The molecule has 5 rings (SSSR count). The number of fused-ring (bicyclic) bond motifs is 1. The lowest BCUT2D eigenvalue weighted by molar-refractivity contribution is -0.140. The summed E-state index contributed by atoms with van der Waals surface area (Å²) in [6, 6.07) is 4.53. The summed E-state index contributed by atoms with van der Waals surface area (Å²) in [6.45, 7) is 1.53. The van der Waals surface area contributed by atoms with Crippen LogP contribution in [0.1, 0.15) is 60.0 Å². The Bertz CT molecular complexity index is 1520. The number of nitrogens with two attached hydrogens (primary N) is 1. The molecule has 1 saturated heterocycles. The minimum Gasteiger partial charge on any atom is -0.390 e. The Hall–Kier alpha value is -3.06. The first kappa shape index (κ1) is 28.5. The lowest BCUT2D eigenvalue weighted by Crippen LogP contribution is -2.56. The van der Waals surface area contributed by atoms with Gasteiger partial charge in [0.25, 0.3) is 5.91 Å². The van der Waals surface area contributed by atoms with Gasteiger partial charge in [-0.05, 0) is 80.3 Å². The van der Waals surface area contributed by atoms with Crippen LogP contribution in [0.15, 0.2) is 41.3 Å². The number of likely N-dealkylation sites (tertiary alicyclic amines) is 1. The van der Waals surface area contributed by atoms with Gasteiger partial charge in [0.1, 0.15) is 17.7 Å². The highest BCUT2D eigenvalue weighted by Crippen LogP contribution is 2.69. The summed E-state index contributed by atoms with van der Waals surface area (Å²) >= 11 is 0. The molecule has 7 nitrogen and oxygen atoms in total. The summed E-state index contributed by atoms with van der Waals surface area (Å²) in [7, 11) is -3.71. The zero-order valence-corrected chi connectivity index (χ0v) is 22.3. The van der Waals surface area contributed by atoms with Crippen molar-refractivity contribution >= 4 is 21.7 Å². The van der Waals surface area contributed by atoms with Gasteiger partial charge in [-0.15, -0.1) is 0 Å². The molecule has 0 spiro atoms. The van der Waals surface area contributed by atoms with E-state index in [2.05, 4.69) is 0 Å². The van der Waals surface area contributed by atoms with Gasteiger partial charge in [-0.3, -0.25) is 9.59 Å². The number of hydrogen-bond acceptors (Lipinski definition) is 5. The number of rotatable bonds is 6. The molecule has 3 N–H and O–H groups in total. The van der Waals surface area contributed by atoms with Crippen molar-refractivity contribution in [2.75, 3.05) is 6.26 Å². The molecule has 2 saturated carbocycles. The van der Waals surface area contributed by atoms with Crippen LogP contribution in [0.4, 0.5) is 22.0 Å². The third-order valence-corrected chi connectivity index (χ3v) is 9.70. The Labute approximate surface area is 227 Å². The van der Waals surface area contributed by atoms with Gasteiger partial charge < -0.3 is 15.7 Å². The number of amides is 2. The maximum atomic E-state index is 15.5. The molecule has 2 amide bonds. The first-order valence-corrected chi connectivity index (χ1v) is 14.5. The first-order valence-electron chi connectivity index (χ1n) is 12.6. The van der Waals surface area contributed by atoms with E-state index >= 15 is 4.39 Å². The van der Waals surface area contributed by atoms with Gasteiger partial charge in [-0.2, -0.15) is 13.2 Å². The normalized spacial score (nSPS) is 30.4. The number of benzene rings is 2. The largest absolute Gasteiger partial charge is 0.419 e. The highest BCUT2D eigenvalue weighted by molar-refractivity contribution is 7.90. The summed E-state index contributed by atoms with van der Waals surface area (Å²) in [4.78, 5) is 27.5. The van der Waals surface area contributed by atoms with Crippen molar-refractivity contribution in [3.8, 4) is 0 Å². The van der Waals surface area contributed by atoms with E-state index in [1.807, 2.05) is 0 Å². The third-order valence-electron chi connectivity index (χ3n) is 8.59. The predicted octanol–water partition coefficient (Wildman–Crippen LogP) is 3.79. The Balaban J connectivity index is 1.66. The molecule has 0 aromatic heterocycles. The third kappa shape index (κ3) is 4.56. The molecule has 0 bridgehead atoms. The number of hydrogen-bond donors (Lipinski definition) is 2. The zero-order chi connectivity index (χ0) is 29.6. The lowest BCUT2D eigenvalue weighted by atomic mass is 9.61. The molecular weight excluding hydrogens is 559 g/mol. The monoisotopic (exact) mass is 586 g/mol. The second-order valence-corrected chi connectivity index (χ2v) is 13.5. The summed E-state index contributed by atoms with van der Waals surface area (Å²) in [6.07, 6.45) is -3.66. The van der Waals surface area contributed by atoms with E-state index in [9.17, 15) is 40.7 Å². The van der Waals surface area contributed by atoms with Crippen molar-refractivity contribution in [3.63, 3.8) is 0 Å². The van der Waals surface area contributed by atoms with Crippen LogP contribution in [0, 0.1) is 23.5 Å². The molecular formula is C27H27F5N2O5S. The number of carbonyl (C=O) groups is 2. The van der Waals surface area contributed by atoms with Crippen molar-refractivity contribution in [2.45, 2.75) is 66.8 Å². The fourth-order valence-corrected chi connectivity index (χ4v) is 7.61. The van der Waals surface area contributed by atoms with Gasteiger partial charge in [0.2, 0.25) is 5.91 Å². The molecule has 1 aliphatic heterocycles. The Morgan fingerprint density at radius 3 is 2.30 bits per heavy atom. The number of primary amides is 1. The van der Waals surface area contributed by atoms with Crippen LogP contribution in [0.5, 0.6) is 0 Å². The van der Waals surface area contributed by atoms with Gasteiger partial charge >= 0.3 is 6.18 Å². The highest BCUT2D eigenvalue weighted by atomic mass is 32.2. The number of alkyl halides is 3. The minimum atomic E-state index is -5.14. The van der Waals surface area contributed by atoms with Crippen molar-refractivity contribution in [1.82, 2.24) is 4.90 Å². The standard InChI is InChI=1S/C27H27F5N2O5S/c1-25(37)10-14(11-25)22(17-8-20(29)18(9-19(17)28)27(30,31)32)26-12-15(26)7-21(23(33)35)34(26)24(36)13-4-3-5-16(6-13)40(2,38)39/h3-6,8-9,14-15,21-22,37H,7,10-12H2,1-2H3,(H2,33,35)/t14?,15?,21?,22-,25?,26?/m1/s1. The van der Waals surface area contributed by atoms with Crippen LogP contribution in [-0.2, 0) is 20.8 Å². The molecule has 3 aliphatic rings. The number of piperidine rings is 1. The van der Waals surface area contributed by atoms with Crippen molar-refractivity contribution in [2.24, 2.45) is 17.6 Å². The smallest absolute Gasteiger partial charge is 0.390 e. The molecule has 2 aromatic carbocycles. The molecule has 3 fully saturated rings. The average Bonchev–Trinajstić information content (AvgIpc) is 3.42. The summed E-state index contributed by atoms with van der Waals surface area (Å²) in [5.74, 6) is -6.67. The van der Waals surface area contributed by atoms with Crippen LogP contribution in [0.3, 0.4) is 0 Å². The first-order chi connectivity index (χ1) is 18.4. The molecule has 2 aromatic rings. The van der Waals surface area contributed by atoms with Gasteiger partial charge in [0.05, 0.1) is 21.6 Å². The van der Waals surface area contributed by atoms with Crippen LogP contribution in [0.2, 0.25) is 0 Å². The van der Waals surface area contributed by atoms with E-state index in [-0.39, 0.29) is 47.8 Å². The second kappa shape index (κ2) is 8.97. The van der Waals surface area contributed by atoms with Crippen molar-refractivity contribution < 1.29 is 45.1 Å². The van der Waals surface area contributed by atoms with Gasteiger partial charge in [-0.1, -0.05) is 6.07 Å². The molecule has 13 heteroatoms. The maximum absolute atomic E-state index is 15.5. The van der Waals surface area contributed by atoms with E-state index in [4.69, 9.17) is 5.73 Å². The van der Waals surface area contributed by atoms with Crippen molar-refractivity contribution in [3.05, 3.63) is 64.7 Å². The van der Waals surface area contributed by atoms with E-state index in [1.165, 1.54) is 30.0 Å². The number of halogens is 5. The summed E-state index contributed by atoms with van der Waals surface area (Å²) < 4.78 is 94.4. The second-order valence-electron chi connectivity index (χ2n) is 11.5. The Morgan fingerprint density at radius 2 is 1.75 bits per heavy atom. The molecule has 0 radical (unpaired) electrons. The summed E-state index contributed by atoms with van der Waals surface area (Å²) in [5.41, 5.74) is 0.924.